The molecular weight excluding hydrogens is 178 g/mol. The summed E-state index contributed by atoms with van der Waals surface area (Å²) in [5.41, 5.74) is 1.67. The zero-order valence-corrected chi connectivity index (χ0v) is 8.70. The number of likely N-dealkylation sites (N-methyl/N-ethyl adjacent to an activating group) is 1. The Morgan fingerprint density at radius 3 is 2.50 bits per heavy atom. The van der Waals surface area contributed by atoms with Crippen molar-refractivity contribution in [2.45, 2.75) is 13.0 Å². The first-order valence-corrected chi connectivity index (χ1v) is 4.70. The van der Waals surface area contributed by atoms with Crippen LogP contribution in [0.25, 0.3) is 0 Å². The van der Waals surface area contributed by atoms with Gasteiger partial charge in [-0.3, -0.25) is 0 Å². The molecule has 0 atom stereocenters. The van der Waals surface area contributed by atoms with Gasteiger partial charge in [-0.15, -0.1) is 0 Å². The number of aromatic hydroxyl groups is 1. The molecule has 3 heteroatoms. The molecule has 0 aliphatic heterocycles. The van der Waals surface area contributed by atoms with E-state index < -0.39 is 0 Å². The standard InChI is InChI=1S/C11H17NO2/c1-12(2)6-5-10-4-3-9(8-13)7-11(10)14/h3-4,7,13-14H,5-6,8H2,1-2H3. The largest absolute Gasteiger partial charge is 0.508 e. The maximum Gasteiger partial charge on any atom is 0.119 e. The van der Waals surface area contributed by atoms with Crippen molar-refractivity contribution in [3.63, 3.8) is 0 Å². The fraction of sp³-hybridized carbons (Fsp3) is 0.455. The van der Waals surface area contributed by atoms with Crippen LogP contribution in [0.4, 0.5) is 0 Å². The Labute approximate surface area is 84.6 Å². The minimum atomic E-state index is -0.0263. The summed E-state index contributed by atoms with van der Waals surface area (Å²) in [4.78, 5) is 2.07. The highest BCUT2D eigenvalue weighted by Crippen LogP contribution is 2.19. The fourth-order valence-corrected chi connectivity index (χ4v) is 1.26. The zero-order chi connectivity index (χ0) is 10.6. The van der Waals surface area contributed by atoms with Gasteiger partial charge < -0.3 is 15.1 Å². The second-order valence-electron chi connectivity index (χ2n) is 3.67. The lowest BCUT2D eigenvalue weighted by molar-refractivity contribution is 0.281. The number of aliphatic hydroxyl groups excluding tert-OH is 1. The van der Waals surface area contributed by atoms with Gasteiger partial charge >= 0.3 is 0 Å². The molecule has 0 aliphatic rings. The lowest BCUT2D eigenvalue weighted by Gasteiger charge is -2.10. The van der Waals surface area contributed by atoms with Crippen LogP contribution >= 0.6 is 0 Å². The van der Waals surface area contributed by atoms with Crippen molar-refractivity contribution in [1.82, 2.24) is 4.90 Å². The van der Waals surface area contributed by atoms with E-state index in [1.54, 1.807) is 6.07 Å². The molecule has 0 amide bonds. The first-order chi connectivity index (χ1) is 6.63. The van der Waals surface area contributed by atoms with Gasteiger partial charge in [0.2, 0.25) is 0 Å². The van der Waals surface area contributed by atoms with Gasteiger partial charge in [0.25, 0.3) is 0 Å². The third kappa shape index (κ3) is 3.01. The summed E-state index contributed by atoms with van der Waals surface area (Å²) in [5.74, 6) is 0.276. The lowest BCUT2D eigenvalue weighted by Crippen LogP contribution is -2.15. The van der Waals surface area contributed by atoms with Crippen LogP contribution in [0.3, 0.4) is 0 Å². The highest BCUT2D eigenvalue weighted by molar-refractivity contribution is 5.36. The van der Waals surface area contributed by atoms with E-state index in [0.29, 0.717) is 0 Å². The van der Waals surface area contributed by atoms with Crippen molar-refractivity contribution in [2.75, 3.05) is 20.6 Å². The molecule has 78 valence electrons. The molecule has 1 aromatic rings. The molecule has 0 aliphatic carbocycles. The van der Waals surface area contributed by atoms with E-state index in [1.165, 1.54) is 0 Å². The molecule has 0 bridgehead atoms. The van der Waals surface area contributed by atoms with Gasteiger partial charge in [-0.05, 0) is 37.7 Å². The van der Waals surface area contributed by atoms with Crippen molar-refractivity contribution in [3.05, 3.63) is 29.3 Å². The number of hydrogen-bond acceptors (Lipinski definition) is 3. The second-order valence-corrected chi connectivity index (χ2v) is 3.67. The first kappa shape index (κ1) is 11.0. The minimum Gasteiger partial charge on any atom is -0.508 e. The van der Waals surface area contributed by atoms with Gasteiger partial charge in [-0.2, -0.15) is 0 Å². The number of nitrogens with zero attached hydrogens (tertiary/aromatic N) is 1. The maximum atomic E-state index is 9.61. The van der Waals surface area contributed by atoms with Crippen molar-refractivity contribution in [2.24, 2.45) is 0 Å². The predicted octanol–water partition coefficient (Wildman–Crippen LogP) is 0.989. The number of aliphatic hydroxyl groups is 1. The SMILES string of the molecule is CN(C)CCc1ccc(CO)cc1O. The van der Waals surface area contributed by atoms with Gasteiger partial charge in [0.05, 0.1) is 6.61 Å². The van der Waals surface area contributed by atoms with Crippen LogP contribution < -0.4 is 0 Å². The summed E-state index contributed by atoms with van der Waals surface area (Å²) in [6.45, 7) is 0.882. The minimum absolute atomic E-state index is 0.0263. The van der Waals surface area contributed by atoms with Crippen LogP contribution in [-0.4, -0.2) is 35.8 Å². The van der Waals surface area contributed by atoms with Gasteiger partial charge in [-0.25, -0.2) is 0 Å². The highest BCUT2D eigenvalue weighted by atomic mass is 16.3. The summed E-state index contributed by atoms with van der Waals surface area (Å²) >= 11 is 0. The van der Waals surface area contributed by atoms with E-state index in [0.717, 1.165) is 24.1 Å². The third-order valence-corrected chi connectivity index (χ3v) is 2.16. The van der Waals surface area contributed by atoms with Crippen molar-refractivity contribution in [1.29, 1.82) is 0 Å². The van der Waals surface area contributed by atoms with Crippen LogP contribution in [0, 0.1) is 0 Å². The summed E-state index contributed by atoms with van der Waals surface area (Å²) in [6, 6.07) is 5.32. The molecule has 14 heavy (non-hydrogen) atoms. The van der Waals surface area contributed by atoms with Crippen LogP contribution in [0.2, 0.25) is 0 Å². The van der Waals surface area contributed by atoms with Gasteiger partial charge in [-0.1, -0.05) is 12.1 Å². The van der Waals surface area contributed by atoms with Crippen LogP contribution in [0.5, 0.6) is 5.75 Å². The molecular formula is C11H17NO2. The number of phenols is 1. The monoisotopic (exact) mass is 195 g/mol. The Balaban J connectivity index is 2.69. The normalized spacial score (nSPS) is 10.9. The van der Waals surface area contributed by atoms with Crippen molar-refractivity contribution in [3.8, 4) is 5.75 Å². The average molecular weight is 195 g/mol. The number of phenolic OH excluding ortho intramolecular Hbond substituents is 1. The van der Waals surface area contributed by atoms with Crippen LogP contribution in [0.15, 0.2) is 18.2 Å². The molecule has 0 aromatic heterocycles. The molecule has 0 spiro atoms. The Kier molecular flexibility index (Phi) is 3.92. The molecule has 0 unspecified atom stereocenters. The smallest absolute Gasteiger partial charge is 0.119 e. The first-order valence-electron chi connectivity index (χ1n) is 4.70. The molecule has 0 saturated heterocycles. The van der Waals surface area contributed by atoms with E-state index in [9.17, 15) is 5.11 Å². The van der Waals surface area contributed by atoms with E-state index in [2.05, 4.69) is 4.90 Å². The molecule has 1 rings (SSSR count). The molecule has 3 nitrogen and oxygen atoms in total. The van der Waals surface area contributed by atoms with Gasteiger partial charge in [0.1, 0.15) is 5.75 Å². The molecule has 0 radical (unpaired) electrons. The number of benzene rings is 1. The lowest BCUT2D eigenvalue weighted by atomic mass is 10.1. The van der Waals surface area contributed by atoms with Gasteiger partial charge in [0.15, 0.2) is 0 Å². The molecule has 1 aromatic carbocycles. The van der Waals surface area contributed by atoms with Crippen molar-refractivity contribution < 1.29 is 10.2 Å². The Hall–Kier alpha value is -1.06. The molecule has 0 saturated carbocycles. The summed E-state index contributed by atoms with van der Waals surface area (Å²) < 4.78 is 0. The quantitative estimate of drug-likeness (QED) is 0.753. The van der Waals surface area contributed by atoms with Crippen LogP contribution in [0.1, 0.15) is 11.1 Å². The molecule has 0 heterocycles. The Bertz CT molecular complexity index is 297. The zero-order valence-electron chi connectivity index (χ0n) is 8.70. The molecule has 2 N–H and O–H groups in total. The Morgan fingerprint density at radius 2 is 2.00 bits per heavy atom. The number of hydrogen-bond donors (Lipinski definition) is 2. The van der Waals surface area contributed by atoms with E-state index in [1.807, 2.05) is 26.2 Å². The average Bonchev–Trinajstić information content (AvgIpc) is 2.15. The molecule has 0 fully saturated rings. The van der Waals surface area contributed by atoms with Crippen LogP contribution in [-0.2, 0) is 13.0 Å². The third-order valence-electron chi connectivity index (χ3n) is 2.16. The van der Waals surface area contributed by atoms with E-state index >= 15 is 0 Å². The maximum absolute atomic E-state index is 9.61. The predicted molar refractivity (Wildman–Crippen MR) is 56.3 cm³/mol. The fourth-order valence-electron chi connectivity index (χ4n) is 1.26. The summed E-state index contributed by atoms with van der Waals surface area (Å²) in [7, 11) is 4.00. The Morgan fingerprint density at radius 1 is 1.29 bits per heavy atom. The van der Waals surface area contributed by atoms with Crippen molar-refractivity contribution >= 4 is 0 Å². The van der Waals surface area contributed by atoms with Gasteiger partial charge in [0, 0.05) is 6.54 Å². The number of rotatable bonds is 4. The second kappa shape index (κ2) is 4.98. The summed E-state index contributed by atoms with van der Waals surface area (Å²) in [5, 5.41) is 18.5. The van der Waals surface area contributed by atoms with E-state index in [4.69, 9.17) is 5.11 Å². The summed E-state index contributed by atoms with van der Waals surface area (Å²) in [6.07, 6.45) is 0.824. The van der Waals surface area contributed by atoms with E-state index in [-0.39, 0.29) is 12.4 Å². The highest BCUT2D eigenvalue weighted by Gasteiger charge is 2.02. The topological polar surface area (TPSA) is 43.7 Å².